The van der Waals surface area contributed by atoms with Crippen molar-refractivity contribution in [3.8, 4) is 67.8 Å². The molecular formula is C52H36N6. The van der Waals surface area contributed by atoms with Gasteiger partial charge in [-0.1, -0.05) is 164 Å². The molecule has 3 heterocycles. The molecule has 10 aromatic rings. The molecule has 0 spiro atoms. The minimum atomic E-state index is 0.636. The van der Waals surface area contributed by atoms with Crippen LogP contribution in [-0.4, -0.2) is 24.3 Å². The van der Waals surface area contributed by atoms with Crippen molar-refractivity contribution in [2.75, 3.05) is 4.90 Å². The van der Waals surface area contributed by atoms with E-state index in [1.807, 2.05) is 72.8 Å². The Bertz CT molecular complexity index is 2890. The first kappa shape index (κ1) is 34.5. The van der Waals surface area contributed by atoms with E-state index in [1.54, 1.807) is 0 Å². The minimum absolute atomic E-state index is 0.636. The molecule has 10 rings (SSSR count). The Morgan fingerprint density at radius 2 is 0.672 bits per heavy atom. The maximum absolute atomic E-state index is 5.04. The largest absolute Gasteiger partial charge is 0.311 e. The van der Waals surface area contributed by atoms with Crippen molar-refractivity contribution in [2.24, 2.45) is 0 Å². The lowest BCUT2D eigenvalue weighted by molar-refractivity contribution is 1.07. The molecule has 0 saturated carbocycles. The van der Waals surface area contributed by atoms with Crippen LogP contribution in [0, 0.1) is 0 Å². The molecule has 0 aliphatic heterocycles. The summed E-state index contributed by atoms with van der Waals surface area (Å²) in [4.78, 5) is 22.0. The highest BCUT2D eigenvalue weighted by molar-refractivity contribution is 5.84. The fourth-order valence-corrected chi connectivity index (χ4v) is 7.41. The fourth-order valence-electron chi connectivity index (χ4n) is 7.41. The average Bonchev–Trinajstić information content (AvgIpc) is 3.71. The van der Waals surface area contributed by atoms with Crippen molar-refractivity contribution in [1.29, 1.82) is 0 Å². The Kier molecular flexibility index (Phi) is 9.10. The van der Waals surface area contributed by atoms with Crippen molar-refractivity contribution in [1.82, 2.24) is 24.3 Å². The molecule has 6 nitrogen and oxygen atoms in total. The lowest BCUT2D eigenvalue weighted by Gasteiger charge is -2.26. The zero-order valence-electron chi connectivity index (χ0n) is 31.5. The molecule has 7 aromatic carbocycles. The number of imidazole rings is 1. The average molecular weight is 745 g/mol. The number of aromatic nitrogens is 5. The number of anilines is 3. The van der Waals surface area contributed by atoms with E-state index in [0.29, 0.717) is 17.5 Å². The number of benzene rings is 7. The molecule has 58 heavy (non-hydrogen) atoms. The molecule has 0 unspecified atom stereocenters. The Hall–Kier alpha value is -7.96. The van der Waals surface area contributed by atoms with Crippen LogP contribution in [0.1, 0.15) is 0 Å². The van der Waals surface area contributed by atoms with E-state index in [0.717, 1.165) is 73.0 Å². The van der Waals surface area contributed by atoms with Gasteiger partial charge in [-0.3, -0.25) is 4.40 Å². The number of para-hydroxylation sites is 1. The van der Waals surface area contributed by atoms with Crippen LogP contribution >= 0.6 is 0 Å². The number of hydrogen-bond donors (Lipinski definition) is 0. The van der Waals surface area contributed by atoms with Gasteiger partial charge < -0.3 is 4.90 Å². The predicted octanol–water partition coefficient (Wildman–Crippen LogP) is 13.0. The minimum Gasteiger partial charge on any atom is -0.311 e. The highest BCUT2D eigenvalue weighted by atomic mass is 15.1. The van der Waals surface area contributed by atoms with Gasteiger partial charge in [0.15, 0.2) is 17.5 Å². The third kappa shape index (κ3) is 6.80. The Labute approximate surface area is 337 Å². The molecule has 6 heteroatoms. The standard InChI is InChI=1S/C52H36N6/c1-5-15-39(16-6-1)48-49(57-36-14-13-23-47(57)53-48)40-30-34-46(35-31-40)58(44-21-11-4-12-22-44)45-32-28-38(29-33-45)37-24-26-43(27-25-37)52-55-50(41-17-7-2-8-18-41)54-51(56-52)42-19-9-3-10-20-42/h1-36H. The first-order chi connectivity index (χ1) is 28.7. The Balaban J connectivity index is 0.962. The smallest absolute Gasteiger partial charge is 0.164 e. The maximum Gasteiger partial charge on any atom is 0.164 e. The van der Waals surface area contributed by atoms with Gasteiger partial charge in [0, 0.05) is 51.1 Å². The van der Waals surface area contributed by atoms with Gasteiger partial charge in [0.25, 0.3) is 0 Å². The summed E-state index contributed by atoms with van der Waals surface area (Å²) >= 11 is 0. The highest BCUT2D eigenvalue weighted by Crippen LogP contribution is 2.39. The molecule has 0 N–H and O–H groups in total. The first-order valence-electron chi connectivity index (χ1n) is 19.3. The van der Waals surface area contributed by atoms with E-state index in [9.17, 15) is 0 Å². The van der Waals surface area contributed by atoms with Crippen molar-refractivity contribution >= 4 is 22.7 Å². The molecule has 274 valence electrons. The topological polar surface area (TPSA) is 59.2 Å². The van der Waals surface area contributed by atoms with Crippen molar-refractivity contribution in [2.45, 2.75) is 0 Å². The number of nitrogens with zero attached hydrogens (tertiary/aromatic N) is 6. The van der Waals surface area contributed by atoms with E-state index < -0.39 is 0 Å². The summed E-state index contributed by atoms with van der Waals surface area (Å²) < 4.78 is 2.17. The van der Waals surface area contributed by atoms with Crippen molar-refractivity contribution in [3.05, 3.63) is 219 Å². The van der Waals surface area contributed by atoms with E-state index in [1.165, 1.54) is 0 Å². The second-order valence-electron chi connectivity index (χ2n) is 14.0. The van der Waals surface area contributed by atoms with Crippen LogP contribution in [0.2, 0.25) is 0 Å². The van der Waals surface area contributed by atoms with E-state index in [2.05, 4.69) is 155 Å². The Morgan fingerprint density at radius 3 is 1.19 bits per heavy atom. The van der Waals surface area contributed by atoms with Gasteiger partial charge in [0.05, 0.1) is 11.4 Å². The molecule has 0 radical (unpaired) electrons. The zero-order valence-corrected chi connectivity index (χ0v) is 31.5. The number of hydrogen-bond acceptors (Lipinski definition) is 5. The monoisotopic (exact) mass is 744 g/mol. The quantitative estimate of drug-likeness (QED) is 0.147. The summed E-state index contributed by atoms with van der Waals surface area (Å²) in [7, 11) is 0. The molecule has 0 amide bonds. The van der Waals surface area contributed by atoms with Crippen LogP contribution in [0.3, 0.4) is 0 Å². The van der Waals surface area contributed by atoms with Crippen LogP contribution in [0.25, 0.3) is 73.5 Å². The lowest BCUT2D eigenvalue weighted by atomic mass is 10.0. The summed E-state index contributed by atoms with van der Waals surface area (Å²) in [5.74, 6) is 1.93. The summed E-state index contributed by atoms with van der Waals surface area (Å²) in [6.45, 7) is 0. The first-order valence-corrected chi connectivity index (χ1v) is 19.3. The van der Waals surface area contributed by atoms with E-state index >= 15 is 0 Å². The fraction of sp³-hybridized carbons (Fsp3) is 0. The molecule has 0 saturated heterocycles. The SMILES string of the molecule is c1ccc(-c2nc(-c3ccccc3)nc(-c3ccc(-c4ccc(N(c5ccccc5)c5ccc(-c6c(-c7ccccc7)nc7ccccn67)cc5)cc4)cc3)n2)cc1. The van der Waals surface area contributed by atoms with Crippen LogP contribution < -0.4 is 4.90 Å². The second kappa shape index (κ2) is 15.3. The Morgan fingerprint density at radius 1 is 0.293 bits per heavy atom. The van der Waals surface area contributed by atoms with Gasteiger partial charge >= 0.3 is 0 Å². The molecule has 0 fully saturated rings. The number of pyridine rings is 1. The summed E-state index contributed by atoms with van der Waals surface area (Å²) in [5.41, 5.74) is 13.4. The third-order valence-corrected chi connectivity index (χ3v) is 10.3. The van der Waals surface area contributed by atoms with E-state index in [-0.39, 0.29) is 0 Å². The molecule has 0 aliphatic rings. The third-order valence-electron chi connectivity index (χ3n) is 10.3. The highest BCUT2D eigenvalue weighted by Gasteiger charge is 2.18. The molecule has 0 bridgehead atoms. The van der Waals surface area contributed by atoms with Gasteiger partial charge in [-0.05, 0) is 59.7 Å². The number of fused-ring (bicyclic) bond motifs is 1. The maximum atomic E-state index is 5.04. The van der Waals surface area contributed by atoms with Gasteiger partial charge in [-0.2, -0.15) is 0 Å². The van der Waals surface area contributed by atoms with Crippen LogP contribution in [0.15, 0.2) is 219 Å². The predicted molar refractivity (Wildman–Crippen MR) is 236 cm³/mol. The number of rotatable bonds is 9. The summed E-state index contributed by atoms with van der Waals surface area (Å²) in [5, 5.41) is 0. The summed E-state index contributed by atoms with van der Waals surface area (Å²) in [6.07, 6.45) is 2.08. The normalized spacial score (nSPS) is 11.1. The van der Waals surface area contributed by atoms with Crippen LogP contribution in [0.4, 0.5) is 17.1 Å². The van der Waals surface area contributed by atoms with E-state index in [4.69, 9.17) is 19.9 Å². The zero-order chi connectivity index (χ0) is 38.7. The van der Waals surface area contributed by atoms with Gasteiger partial charge in [-0.15, -0.1) is 0 Å². The molecule has 3 aromatic heterocycles. The lowest BCUT2D eigenvalue weighted by Crippen LogP contribution is -2.09. The van der Waals surface area contributed by atoms with Crippen LogP contribution in [-0.2, 0) is 0 Å². The van der Waals surface area contributed by atoms with Crippen molar-refractivity contribution in [3.63, 3.8) is 0 Å². The van der Waals surface area contributed by atoms with Gasteiger partial charge in [0.1, 0.15) is 5.65 Å². The van der Waals surface area contributed by atoms with Crippen LogP contribution in [0.5, 0.6) is 0 Å². The molecular weight excluding hydrogens is 709 g/mol. The summed E-state index contributed by atoms with van der Waals surface area (Å²) in [6, 6.07) is 73.1. The molecule has 0 aliphatic carbocycles. The van der Waals surface area contributed by atoms with Crippen molar-refractivity contribution < 1.29 is 0 Å². The van der Waals surface area contributed by atoms with Gasteiger partial charge in [0.2, 0.25) is 0 Å². The molecule has 0 atom stereocenters. The van der Waals surface area contributed by atoms with Gasteiger partial charge in [-0.25, -0.2) is 19.9 Å². The second-order valence-corrected chi connectivity index (χ2v) is 14.0.